The second-order valence-corrected chi connectivity index (χ2v) is 7.75. The monoisotopic (exact) mass is 457 g/mol. The highest BCUT2D eigenvalue weighted by molar-refractivity contribution is 7.99. The average molecular weight is 459 g/mol. The molecule has 0 fully saturated rings. The van der Waals surface area contributed by atoms with Gasteiger partial charge in [-0.25, -0.2) is 0 Å². The number of nitrogens with zero attached hydrogens (tertiary/aromatic N) is 2. The number of carbonyl (C=O) groups excluding carboxylic acids is 1. The number of hydrogen-bond acceptors (Lipinski definition) is 6. The summed E-state index contributed by atoms with van der Waals surface area (Å²) in [5.41, 5.74) is 1.47. The van der Waals surface area contributed by atoms with Crippen LogP contribution < -0.4 is 10.1 Å². The molecule has 0 unspecified atom stereocenters. The van der Waals surface area contributed by atoms with E-state index in [4.69, 9.17) is 44.0 Å². The summed E-state index contributed by atoms with van der Waals surface area (Å²) in [4.78, 5) is 12.1. The van der Waals surface area contributed by atoms with Crippen LogP contribution in [0.15, 0.2) is 46.0 Å². The second kappa shape index (κ2) is 9.52. The van der Waals surface area contributed by atoms with Crippen molar-refractivity contribution in [1.29, 1.82) is 0 Å². The van der Waals surface area contributed by atoms with Gasteiger partial charge in [-0.3, -0.25) is 4.79 Å². The first-order valence-electron chi connectivity index (χ1n) is 8.00. The summed E-state index contributed by atoms with van der Waals surface area (Å²) in [5, 5.41) is 12.3. The average Bonchev–Trinajstić information content (AvgIpc) is 3.11. The number of thioether (sulfide) groups is 1. The third-order valence-corrected chi connectivity index (χ3v) is 5.32. The summed E-state index contributed by atoms with van der Waals surface area (Å²) in [6, 6.07) is 10.2. The molecular weight excluding hydrogens is 445 g/mol. The zero-order valence-corrected chi connectivity index (χ0v) is 17.6. The van der Waals surface area contributed by atoms with Crippen LogP contribution in [0.25, 0.3) is 0 Å². The molecule has 3 aromatic rings. The van der Waals surface area contributed by atoms with Crippen molar-refractivity contribution in [2.45, 2.75) is 18.8 Å². The Hall–Kier alpha value is -1.93. The third kappa shape index (κ3) is 5.54. The molecule has 1 N–H and O–H groups in total. The van der Waals surface area contributed by atoms with Gasteiger partial charge in [0, 0.05) is 15.7 Å². The topological polar surface area (TPSA) is 77.2 Å². The Kier molecular flexibility index (Phi) is 7.07. The molecule has 0 aliphatic rings. The normalized spacial score (nSPS) is 10.7. The van der Waals surface area contributed by atoms with Crippen molar-refractivity contribution in [2.24, 2.45) is 0 Å². The SMILES string of the molecule is Cc1c(Cl)cccc1NC(=O)CSc1nnc(COc2ccc(Cl)cc2Cl)o1. The predicted octanol–water partition coefficient (Wildman–Crippen LogP) is 5.65. The number of ether oxygens (including phenoxy) is 1. The predicted molar refractivity (Wildman–Crippen MR) is 111 cm³/mol. The number of amides is 1. The molecule has 6 nitrogen and oxygen atoms in total. The zero-order chi connectivity index (χ0) is 20.1. The maximum absolute atomic E-state index is 12.1. The van der Waals surface area contributed by atoms with Crippen LogP contribution in [0.4, 0.5) is 5.69 Å². The summed E-state index contributed by atoms with van der Waals surface area (Å²) in [7, 11) is 0. The molecular formula is C18H14Cl3N3O3S. The molecule has 1 amide bonds. The Morgan fingerprint density at radius 3 is 2.79 bits per heavy atom. The zero-order valence-electron chi connectivity index (χ0n) is 14.5. The largest absolute Gasteiger partial charge is 0.482 e. The van der Waals surface area contributed by atoms with Gasteiger partial charge in [-0.05, 0) is 42.8 Å². The van der Waals surface area contributed by atoms with Crippen LogP contribution in [-0.4, -0.2) is 21.9 Å². The Bertz CT molecular complexity index is 997. The van der Waals surface area contributed by atoms with Crippen molar-refractivity contribution in [3.8, 4) is 5.75 Å². The number of rotatable bonds is 7. The van der Waals surface area contributed by atoms with Gasteiger partial charge in [-0.15, -0.1) is 10.2 Å². The number of hydrogen-bond donors (Lipinski definition) is 1. The minimum absolute atomic E-state index is 0.0445. The highest BCUT2D eigenvalue weighted by Gasteiger charge is 2.12. The molecule has 1 aromatic heterocycles. The van der Waals surface area contributed by atoms with E-state index in [1.54, 1.807) is 36.4 Å². The lowest BCUT2D eigenvalue weighted by Gasteiger charge is -2.08. The van der Waals surface area contributed by atoms with Crippen molar-refractivity contribution in [2.75, 3.05) is 11.1 Å². The fraction of sp³-hybridized carbons (Fsp3) is 0.167. The van der Waals surface area contributed by atoms with E-state index in [1.807, 2.05) is 6.92 Å². The molecule has 0 bridgehead atoms. The van der Waals surface area contributed by atoms with Gasteiger partial charge in [0.25, 0.3) is 11.1 Å². The van der Waals surface area contributed by atoms with E-state index in [0.29, 0.717) is 26.5 Å². The standard InChI is InChI=1S/C18H14Cl3N3O3S/c1-10-12(20)3-2-4-14(10)22-16(25)9-28-18-24-23-17(27-18)8-26-15-6-5-11(19)7-13(15)21/h2-7H,8-9H2,1H3,(H,22,25). The van der Waals surface area contributed by atoms with E-state index in [1.165, 1.54) is 0 Å². The Labute approximate surface area is 180 Å². The lowest BCUT2D eigenvalue weighted by Crippen LogP contribution is -2.14. The van der Waals surface area contributed by atoms with Gasteiger partial charge in [0.15, 0.2) is 6.61 Å². The van der Waals surface area contributed by atoms with Crippen molar-refractivity contribution in [1.82, 2.24) is 10.2 Å². The molecule has 146 valence electrons. The minimum Gasteiger partial charge on any atom is -0.482 e. The molecule has 10 heteroatoms. The number of anilines is 1. The molecule has 3 rings (SSSR count). The fourth-order valence-electron chi connectivity index (χ4n) is 2.14. The summed E-state index contributed by atoms with van der Waals surface area (Å²) in [6.45, 7) is 1.88. The number of nitrogens with one attached hydrogen (secondary N) is 1. The van der Waals surface area contributed by atoms with Crippen molar-refractivity contribution >= 4 is 58.2 Å². The summed E-state index contributed by atoms with van der Waals surface area (Å²) in [5.74, 6) is 0.617. The summed E-state index contributed by atoms with van der Waals surface area (Å²) < 4.78 is 11.0. The number of halogens is 3. The van der Waals surface area contributed by atoms with Crippen LogP contribution in [0.1, 0.15) is 11.5 Å². The maximum atomic E-state index is 12.1. The van der Waals surface area contributed by atoms with Crippen LogP contribution in [0.2, 0.25) is 15.1 Å². The van der Waals surface area contributed by atoms with Gasteiger partial charge in [-0.2, -0.15) is 0 Å². The van der Waals surface area contributed by atoms with E-state index in [2.05, 4.69) is 15.5 Å². The van der Waals surface area contributed by atoms with Crippen molar-refractivity contribution in [3.63, 3.8) is 0 Å². The Morgan fingerprint density at radius 2 is 2.00 bits per heavy atom. The van der Waals surface area contributed by atoms with Gasteiger partial charge in [0.2, 0.25) is 5.91 Å². The first kappa shape index (κ1) is 20.8. The fourth-order valence-corrected chi connectivity index (χ4v) is 3.36. The molecule has 0 spiro atoms. The third-order valence-electron chi connectivity index (χ3n) is 3.56. The van der Waals surface area contributed by atoms with Crippen molar-refractivity contribution in [3.05, 3.63) is 62.9 Å². The Balaban J connectivity index is 1.50. The van der Waals surface area contributed by atoms with Gasteiger partial charge >= 0.3 is 0 Å². The quantitative estimate of drug-likeness (QED) is 0.461. The van der Waals surface area contributed by atoms with Crippen LogP contribution in [-0.2, 0) is 11.4 Å². The molecule has 2 aromatic carbocycles. The molecule has 0 saturated carbocycles. The minimum atomic E-state index is -0.209. The van der Waals surface area contributed by atoms with Crippen LogP contribution >= 0.6 is 46.6 Å². The molecule has 0 aliphatic heterocycles. The number of benzene rings is 2. The molecule has 0 aliphatic carbocycles. The second-order valence-electron chi connectivity index (χ2n) is 5.57. The summed E-state index contributed by atoms with van der Waals surface area (Å²) >= 11 is 19.1. The number of carbonyl (C=O) groups is 1. The van der Waals surface area contributed by atoms with Gasteiger partial charge in [0.1, 0.15) is 5.75 Å². The summed E-state index contributed by atoms with van der Waals surface area (Å²) in [6.07, 6.45) is 0. The van der Waals surface area contributed by atoms with E-state index in [-0.39, 0.29) is 29.4 Å². The van der Waals surface area contributed by atoms with Gasteiger partial charge in [0.05, 0.1) is 10.8 Å². The molecule has 0 saturated heterocycles. The van der Waals surface area contributed by atoms with Crippen LogP contribution in [0.5, 0.6) is 5.75 Å². The molecule has 28 heavy (non-hydrogen) atoms. The lowest BCUT2D eigenvalue weighted by atomic mass is 10.2. The van der Waals surface area contributed by atoms with Crippen molar-refractivity contribution < 1.29 is 13.9 Å². The smallest absolute Gasteiger partial charge is 0.277 e. The first-order valence-corrected chi connectivity index (χ1v) is 10.1. The van der Waals surface area contributed by atoms with Gasteiger partial charge in [-0.1, -0.05) is 52.6 Å². The van der Waals surface area contributed by atoms with Gasteiger partial charge < -0.3 is 14.5 Å². The van der Waals surface area contributed by atoms with E-state index < -0.39 is 0 Å². The van der Waals surface area contributed by atoms with Crippen LogP contribution in [0, 0.1) is 6.92 Å². The highest BCUT2D eigenvalue weighted by Crippen LogP contribution is 2.28. The van der Waals surface area contributed by atoms with Crippen LogP contribution in [0.3, 0.4) is 0 Å². The lowest BCUT2D eigenvalue weighted by molar-refractivity contribution is -0.113. The first-order chi connectivity index (χ1) is 13.4. The van der Waals surface area contributed by atoms with E-state index in [9.17, 15) is 4.79 Å². The maximum Gasteiger partial charge on any atom is 0.277 e. The molecule has 0 atom stereocenters. The van der Waals surface area contributed by atoms with E-state index in [0.717, 1.165) is 17.3 Å². The van der Waals surface area contributed by atoms with E-state index >= 15 is 0 Å². The highest BCUT2D eigenvalue weighted by atomic mass is 35.5. The molecule has 0 radical (unpaired) electrons. The molecule has 1 heterocycles. The Morgan fingerprint density at radius 1 is 1.18 bits per heavy atom. The number of aromatic nitrogens is 2.